The van der Waals surface area contributed by atoms with Crippen molar-refractivity contribution in [3.63, 3.8) is 0 Å². The minimum atomic E-state index is 0.621. The Hall–Kier alpha value is -6.91. The van der Waals surface area contributed by atoms with Crippen molar-refractivity contribution in [3.05, 3.63) is 164 Å². The summed E-state index contributed by atoms with van der Waals surface area (Å²) >= 11 is 0. The van der Waals surface area contributed by atoms with Crippen LogP contribution in [0.5, 0.6) is 0 Å². The highest BCUT2D eigenvalue weighted by Crippen LogP contribution is 2.52. The maximum atomic E-state index is 6.70. The molecule has 4 heteroatoms. The second kappa shape index (κ2) is 10.8. The summed E-state index contributed by atoms with van der Waals surface area (Å²) in [4.78, 5) is 15.3. The molecule has 0 saturated heterocycles. The van der Waals surface area contributed by atoms with Crippen LogP contribution < -0.4 is 0 Å². The van der Waals surface area contributed by atoms with Crippen LogP contribution in [0.4, 0.5) is 0 Å². The second-order valence-corrected chi connectivity index (χ2v) is 13.1. The molecule has 1 aliphatic rings. The van der Waals surface area contributed by atoms with Gasteiger partial charge in [0.05, 0.1) is 0 Å². The van der Waals surface area contributed by atoms with Gasteiger partial charge >= 0.3 is 0 Å². The summed E-state index contributed by atoms with van der Waals surface area (Å²) in [7, 11) is 0. The molecule has 4 nitrogen and oxygen atoms in total. The quantitative estimate of drug-likeness (QED) is 0.190. The standard InChI is InChI=1S/C47H27N3O/c1-2-13-29(14-3-1)45-48-46(31-25-24-28-12-4-5-15-30(28)26-31)50-47(49-45)37-19-9-8-18-34(37)36-21-11-23-40-43(36)44-38-22-10-20-35-32-16-6-7-17-33(32)39(42(35)38)27-41(44)51-40/h1-27H. The summed E-state index contributed by atoms with van der Waals surface area (Å²) in [5, 5.41) is 7.01. The number of rotatable bonds is 4. The lowest BCUT2D eigenvalue weighted by Crippen LogP contribution is -2.01. The molecule has 2 aromatic heterocycles. The molecule has 0 atom stereocenters. The SMILES string of the molecule is c1ccc(-c2nc(-c3ccc4ccccc4c3)nc(-c3ccccc3-c3cccc4oc5cc6c7c(cccc7c5c34)-c3ccccc3-6)n2)cc1. The summed E-state index contributed by atoms with van der Waals surface area (Å²) in [5.41, 5.74) is 11.7. The van der Waals surface area contributed by atoms with Gasteiger partial charge in [-0.2, -0.15) is 0 Å². The number of furan rings is 1. The van der Waals surface area contributed by atoms with E-state index >= 15 is 0 Å². The van der Waals surface area contributed by atoms with E-state index in [0.29, 0.717) is 17.5 Å². The van der Waals surface area contributed by atoms with Crippen LogP contribution in [0.3, 0.4) is 0 Å². The Morgan fingerprint density at radius 2 is 0.902 bits per heavy atom. The third-order valence-electron chi connectivity index (χ3n) is 10.3. The molecule has 1 aliphatic carbocycles. The van der Waals surface area contributed by atoms with Crippen molar-refractivity contribution in [3.8, 4) is 67.5 Å². The van der Waals surface area contributed by atoms with Crippen molar-refractivity contribution in [2.45, 2.75) is 0 Å². The normalized spacial score (nSPS) is 11.9. The zero-order chi connectivity index (χ0) is 33.5. The molecule has 0 aliphatic heterocycles. The minimum Gasteiger partial charge on any atom is -0.456 e. The first-order chi connectivity index (χ1) is 25.3. The fraction of sp³-hybridized carbons (Fsp3) is 0. The molecule has 0 bridgehead atoms. The van der Waals surface area contributed by atoms with E-state index in [1.54, 1.807) is 0 Å². The van der Waals surface area contributed by atoms with Gasteiger partial charge in [0.2, 0.25) is 0 Å². The van der Waals surface area contributed by atoms with Crippen molar-refractivity contribution in [2.24, 2.45) is 0 Å². The average molecular weight is 650 g/mol. The van der Waals surface area contributed by atoms with Crippen LogP contribution >= 0.6 is 0 Å². The second-order valence-electron chi connectivity index (χ2n) is 13.1. The van der Waals surface area contributed by atoms with Gasteiger partial charge in [-0.15, -0.1) is 0 Å². The number of hydrogen-bond donors (Lipinski definition) is 0. The van der Waals surface area contributed by atoms with E-state index in [9.17, 15) is 0 Å². The fourth-order valence-corrected chi connectivity index (χ4v) is 7.99. The van der Waals surface area contributed by atoms with Crippen LogP contribution in [0, 0.1) is 0 Å². The van der Waals surface area contributed by atoms with Crippen LogP contribution in [0.15, 0.2) is 168 Å². The van der Waals surface area contributed by atoms with E-state index in [1.807, 2.05) is 30.3 Å². The molecule has 236 valence electrons. The van der Waals surface area contributed by atoms with Gasteiger partial charge in [-0.25, -0.2) is 15.0 Å². The first-order valence-corrected chi connectivity index (χ1v) is 17.2. The van der Waals surface area contributed by atoms with E-state index in [4.69, 9.17) is 19.4 Å². The highest BCUT2D eigenvalue weighted by molar-refractivity contribution is 6.30. The van der Waals surface area contributed by atoms with E-state index < -0.39 is 0 Å². The summed E-state index contributed by atoms with van der Waals surface area (Å²) in [6.07, 6.45) is 0. The molecule has 0 saturated carbocycles. The highest BCUT2D eigenvalue weighted by Gasteiger charge is 2.26. The molecule has 8 aromatic carbocycles. The Balaban J connectivity index is 1.16. The predicted octanol–water partition coefficient (Wildman–Crippen LogP) is 12.4. The lowest BCUT2D eigenvalue weighted by atomic mass is 9.92. The molecular weight excluding hydrogens is 623 g/mol. The lowest BCUT2D eigenvalue weighted by molar-refractivity contribution is 0.669. The number of aromatic nitrogens is 3. The summed E-state index contributed by atoms with van der Waals surface area (Å²) in [6.45, 7) is 0. The molecule has 0 fully saturated rings. The molecule has 11 rings (SSSR count). The van der Waals surface area contributed by atoms with Gasteiger partial charge in [0.15, 0.2) is 17.5 Å². The lowest BCUT2D eigenvalue weighted by Gasteiger charge is -2.13. The van der Waals surface area contributed by atoms with E-state index in [2.05, 4.69) is 133 Å². The minimum absolute atomic E-state index is 0.621. The van der Waals surface area contributed by atoms with Gasteiger partial charge in [-0.3, -0.25) is 0 Å². The maximum Gasteiger partial charge on any atom is 0.164 e. The third kappa shape index (κ3) is 4.23. The Morgan fingerprint density at radius 1 is 0.314 bits per heavy atom. The van der Waals surface area contributed by atoms with Gasteiger partial charge in [-0.05, 0) is 73.1 Å². The van der Waals surface area contributed by atoms with Gasteiger partial charge in [0.25, 0.3) is 0 Å². The smallest absolute Gasteiger partial charge is 0.164 e. The molecule has 0 unspecified atom stereocenters. The molecule has 2 heterocycles. The first kappa shape index (κ1) is 28.0. The van der Waals surface area contributed by atoms with Gasteiger partial charge in [0, 0.05) is 27.5 Å². The number of fused-ring (bicyclic) bond motifs is 8. The van der Waals surface area contributed by atoms with Crippen LogP contribution in [0.25, 0.3) is 111 Å². The fourth-order valence-electron chi connectivity index (χ4n) is 7.99. The summed E-state index contributed by atoms with van der Waals surface area (Å²) in [5.74, 6) is 1.89. The molecule has 0 amide bonds. The Kier molecular flexibility index (Phi) is 5.92. The molecule has 0 spiro atoms. The molecule has 0 radical (unpaired) electrons. The molecule has 10 aromatic rings. The largest absolute Gasteiger partial charge is 0.456 e. The molecule has 51 heavy (non-hydrogen) atoms. The summed E-state index contributed by atoms with van der Waals surface area (Å²) in [6, 6.07) is 57.2. The zero-order valence-corrected chi connectivity index (χ0v) is 27.3. The Morgan fingerprint density at radius 3 is 1.71 bits per heavy atom. The number of hydrogen-bond acceptors (Lipinski definition) is 4. The van der Waals surface area contributed by atoms with Crippen LogP contribution in [-0.4, -0.2) is 15.0 Å². The van der Waals surface area contributed by atoms with Crippen molar-refractivity contribution < 1.29 is 4.42 Å². The topological polar surface area (TPSA) is 51.8 Å². The first-order valence-electron chi connectivity index (χ1n) is 17.2. The van der Waals surface area contributed by atoms with Crippen LogP contribution in [-0.2, 0) is 0 Å². The predicted molar refractivity (Wildman–Crippen MR) is 208 cm³/mol. The van der Waals surface area contributed by atoms with Crippen molar-refractivity contribution in [1.82, 2.24) is 15.0 Å². The maximum absolute atomic E-state index is 6.70. The number of nitrogens with zero attached hydrogens (tertiary/aromatic N) is 3. The Labute approximate surface area is 293 Å². The van der Waals surface area contributed by atoms with E-state index in [0.717, 1.165) is 55.1 Å². The third-order valence-corrected chi connectivity index (χ3v) is 10.3. The van der Waals surface area contributed by atoms with Crippen molar-refractivity contribution in [2.75, 3.05) is 0 Å². The zero-order valence-electron chi connectivity index (χ0n) is 27.3. The van der Waals surface area contributed by atoms with Crippen molar-refractivity contribution in [1.29, 1.82) is 0 Å². The van der Waals surface area contributed by atoms with Gasteiger partial charge in [0.1, 0.15) is 11.2 Å². The monoisotopic (exact) mass is 649 g/mol. The van der Waals surface area contributed by atoms with Gasteiger partial charge < -0.3 is 4.42 Å². The molecular formula is C47H27N3O. The number of benzene rings is 8. The average Bonchev–Trinajstić information content (AvgIpc) is 3.75. The van der Waals surface area contributed by atoms with E-state index in [1.165, 1.54) is 38.4 Å². The van der Waals surface area contributed by atoms with Crippen molar-refractivity contribution >= 4 is 43.5 Å². The van der Waals surface area contributed by atoms with E-state index in [-0.39, 0.29) is 0 Å². The Bertz CT molecular complexity index is 3030. The van der Waals surface area contributed by atoms with Crippen LogP contribution in [0.1, 0.15) is 0 Å². The summed E-state index contributed by atoms with van der Waals surface area (Å²) < 4.78 is 6.70. The highest BCUT2D eigenvalue weighted by atomic mass is 16.3. The van der Waals surface area contributed by atoms with Crippen LogP contribution in [0.2, 0.25) is 0 Å². The van der Waals surface area contributed by atoms with Gasteiger partial charge in [-0.1, -0.05) is 146 Å². The molecule has 0 N–H and O–H groups in total.